The molecule has 0 atom stereocenters. The summed E-state index contributed by atoms with van der Waals surface area (Å²) in [5, 5.41) is 0.511. The molecule has 1 aromatic heterocycles. The first-order chi connectivity index (χ1) is 9.98. The molecule has 0 bridgehead atoms. The van der Waals surface area contributed by atoms with Gasteiger partial charge in [0, 0.05) is 0 Å². The minimum absolute atomic E-state index is 0.0689. The van der Waals surface area contributed by atoms with Crippen LogP contribution in [-0.2, 0) is 10.0 Å². The predicted molar refractivity (Wildman–Crippen MR) is 82.7 cm³/mol. The molecule has 0 saturated heterocycles. The van der Waals surface area contributed by atoms with Crippen LogP contribution in [0.5, 0.6) is 11.5 Å². The fourth-order valence-corrected chi connectivity index (χ4v) is 3.38. The predicted octanol–water partition coefficient (Wildman–Crippen LogP) is 2.28. The van der Waals surface area contributed by atoms with E-state index >= 15 is 0 Å². The van der Waals surface area contributed by atoms with Gasteiger partial charge in [-0.3, -0.25) is 4.72 Å². The number of hydrogen-bond acceptors (Lipinski definition) is 6. The molecule has 8 heteroatoms. The molecule has 2 aromatic rings. The molecule has 0 aliphatic carbocycles. The lowest BCUT2D eigenvalue weighted by Crippen LogP contribution is -2.20. The average molecular weight is 328 g/mol. The van der Waals surface area contributed by atoms with Gasteiger partial charge in [-0.25, -0.2) is 8.42 Å². The molecule has 0 amide bonds. The van der Waals surface area contributed by atoms with E-state index < -0.39 is 10.0 Å². The quantitative estimate of drug-likeness (QED) is 0.844. The van der Waals surface area contributed by atoms with Crippen LogP contribution in [0.3, 0.4) is 0 Å². The molecule has 0 unspecified atom stereocenters. The summed E-state index contributed by atoms with van der Waals surface area (Å²) >= 11 is 1.12. The van der Waals surface area contributed by atoms with Crippen LogP contribution < -0.4 is 14.2 Å². The number of methoxy groups -OCH3 is 1. The number of aromatic nitrogens is 1. The van der Waals surface area contributed by atoms with E-state index in [4.69, 9.17) is 9.47 Å². The van der Waals surface area contributed by atoms with Gasteiger partial charge in [-0.1, -0.05) is 0 Å². The second-order valence-corrected chi connectivity index (χ2v) is 6.92. The number of hydrogen-bond donors (Lipinski definition) is 1. The molecule has 1 aromatic carbocycles. The van der Waals surface area contributed by atoms with Crippen molar-refractivity contribution in [2.24, 2.45) is 0 Å². The summed E-state index contributed by atoms with van der Waals surface area (Å²) in [4.78, 5) is 0. The van der Waals surface area contributed by atoms with Crippen molar-refractivity contribution in [3.8, 4) is 11.5 Å². The van der Waals surface area contributed by atoms with Gasteiger partial charge in [0.1, 0.15) is 28.9 Å². The van der Waals surface area contributed by atoms with Crippen molar-refractivity contribution in [3.05, 3.63) is 36.0 Å². The molecular formula is C13H16N2O4S2. The number of nitrogens with zero attached hydrogens (tertiary/aromatic N) is 1. The first-order valence-corrected chi connectivity index (χ1v) is 8.62. The number of ether oxygens (including phenoxy) is 2. The van der Waals surface area contributed by atoms with Crippen LogP contribution in [0.4, 0.5) is 5.00 Å². The molecule has 0 saturated carbocycles. The summed E-state index contributed by atoms with van der Waals surface area (Å²) in [6, 6.07) is 8.65. The highest BCUT2D eigenvalue weighted by Gasteiger charge is 2.12. The van der Waals surface area contributed by atoms with E-state index in [1.165, 1.54) is 0 Å². The molecule has 0 aliphatic heterocycles. The molecule has 0 fully saturated rings. The van der Waals surface area contributed by atoms with Crippen molar-refractivity contribution < 1.29 is 17.9 Å². The first kappa shape index (κ1) is 15.6. The van der Waals surface area contributed by atoms with E-state index in [9.17, 15) is 8.42 Å². The summed E-state index contributed by atoms with van der Waals surface area (Å²) in [6.45, 7) is 1.88. The van der Waals surface area contributed by atoms with E-state index in [0.717, 1.165) is 23.0 Å². The van der Waals surface area contributed by atoms with Crippen LogP contribution in [0.25, 0.3) is 0 Å². The van der Waals surface area contributed by atoms with Gasteiger partial charge in [-0.15, -0.1) is 0 Å². The summed E-state index contributed by atoms with van der Waals surface area (Å²) in [7, 11) is -1.85. The lowest BCUT2D eigenvalue weighted by atomic mass is 10.3. The molecule has 0 radical (unpaired) electrons. The molecule has 1 heterocycles. The Morgan fingerprint density at radius 3 is 2.48 bits per heavy atom. The summed E-state index contributed by atoms with van der Waals surface area (Å²) < 4.78 is 40.7. The molecule has 1 N–H and O–H groups in total. The third-order valence-electron chi connectivity index (χ3n) is 2.56. The van der Waals surface area contributed by atoms with E-state index in [0.29, 0.717) is 10.8 Å². The maximum Gasteiger partial charge on any atom is 0.236 e. The van der Waals surface area contributed by atoms with Crippen LogP contribution in [0.2, 0.25) is 0 Å². The van der Waals surface area contributed by atoms with Crippen LogP contribution in [0.1, 0.15) is 5.69 Å². The van der Waals surface area contributed by atoms with Crippen molar-refractivity contribution in [1.82, 2.24) is 4.37 Å². The monoisotopic (exact) mass is 328 g/mol. The maximum atomic E-state index is 11.9. The highest BCUT2D eigenvalue weighted by molar-refractivity contribution is 7.92. The van der Waals surface area contributed by atoms with Crippen LogP contribution in [0, 0.1) is 6.92 Å². The Balaban J connectivity index is 1.83. The molecule has 21 heavy (non-hydrogen) atoms. The molecule has 0 aliphatic rings. The van der Waals surface area contributed by atoms with Gasteiger partial charge in [0.05, 0.1) is 12.8 Å². The lowest BCUT2D eigenvalue weighted by molar-refractivity contribution is 0.340. The number of aryl methyl sites for hydroxylation is 1. The van der Waals surface area contributed by atoms with Gasteiger partial charge in [-0.05, 0) is 48.8 Å². The molecule has 114 valence electrons. The SMILES string of the molecule is COc1ccc(OCCS(=O)(=O)Nc2cc(C)ns2)cc1. The first-order valence-electron chi connectivity index (χ1n) is 6.19. The van der Waals surface area contributed by atoms with Crippen molar-refractivity contribution in [2.45, 2.75) is 6.92 Å². The molecule has 0 spiro atoms. The Hall–Kier alpha value is -1.80. The van der Waals surface area contributed by atoms with Gasteiger partial charge in [0.2, 0.25) is 10.0 Å². The van der Waals surface area contributed by atoms with E-state index in [1.807, 2.05) is 0 Å². The van der Waals surface area contributed by atoms with Crippen LogP contribution in [-0.4, -0.2) is 32.3 Å². The number of benzene rings is 1. The van der Waals surface area contributed by atoms with Gasteiger partial charge in [0.15, 0.2) is 0 Å². The Kier molecular flexibility index (Phi) is 5.03. The fraction of sp³-hybridized carbons (Fsp3) is 0.308. The standard InChI is InChI=1S/C13H16N2O4S2/c1-10-9-13(20-14-10)15-21(16,17)8-7-19-12-5-3-11(18-2)4-6-12/h3-6,9,15H,7-8H2,1-2H3. The Labute approximate surface area is 127 Å². The fourth-order valence-electron chi connectivity index (χ4n) is 1.56. The van der Waals surface area contributed by atoms with Crippen LogP contribution >= 0.6 is 11.5 Å². The van der Waals surface area contributed by atoms with Crippen molar-refractivity contribution in [3.63, 3.8) is 0 Å². The third kappa shape index (κ3) is 4.91. The maximum absolute atomic E-state index is 11.9. The summed E-state index contributed by atoms with van der Waals surface area (Å²) in [5.74, 6) is 1.19. The van der Waals surface area contributed by atoms with Gasteiger partial charge in [0.25, 0.3) is 0 Å². The van der Waals surface area contributed by atoms with Crippen LogP contribution in [0.15, 0.2) is 30.3 Å². The normalized spacial score (nSPS) is 11.1. The second kappa shape index (κ2) is 6.77. The Morgan fingerprint density at radius 2 is 1.90 bits per heavy atom. The van der Waals surface area contributed by atoms with Crippen molar-refractivity contribution >= 4 is 26.6 Å². The average Bonchev–Trinajstić information content (AvgIpc) is 2.84. The number of sulfonamides is 1. The molecule has 6 nitrogen and oxygen atoms in total. The summed E-state index contributed by atoms with van der Waals surface area (Å²) in [6.07, 6.45) is 0. The zero-order valence-corrected chi connectivity index (χ0v) is 13.3. The number of anilines is 1. The van der Waals surface area contributed by atoms with Crippen molar-refractivity contribution in [2.75, 3.05) is 24.2 Å². The lowest BCUT2D eigenvalue weighted by Gasteiger charge is -2.08. The topological polar surface area (TPSA) is 77.5 Å². The number of rotatable bonds is 7. The second-order valence-electron chi connectivity index (χ2n) is 4.28. The van der Waals surface area contributed by atoms with E-state index in [-0.39, 0.29) is 12.4 Å². The number of nitrogens with one attached hydrogen (secondary N) is 1. The van der Waals surface area contributed by atoms with Gasteiger partial charge >= 0.3 is 0 Å². The van der Waals surface area contributed by atoms with E-state index in [1.54, 1.807) is 44.4 Å². The Bertz CT molecular complexity index is 680. The highest BCUT2D eigenvalue weighted by Crippen LogP contribution is 2.18. The summed E-state index contributed by atoms with van der Waals surface area (Å²) in [5.41, 5.74) is 0.784. The van der Waals surface area contributed by atoms with Gasteiger partial charge < -0.3 is 9.47 Å². The minimum Gasteiger partial charge on any atom is -0.497 e. The Morgan fingerprint density at radius 1 is 1.24 bits per heavy atom. The highest BCUT2D eigenvalue weighted by atomic mass is 32.2. The minimum atomic E-state index is -3.43. The largest absolute Gasteiger partial charge is 0.497 e. The molecule has 2 rings (SSSR count). The molecular weight excluding hydrogens is 312 g/mol. The third-order valence-corrected chi connectivity index (χ3v) is 4.72. The van der Waals surface area contributed by atoms with Gasteiger partial charge in [-0.2, -0.15) is 4.37 Å². The van der Waals surface area contributed by atoms with E-state index in [2.05, 4.69) is 9.10 Å². The zero-order valence-electron chi connectivity index (χ0n) is 11.7. The smallest absolute Gasteiger partial charge is 0.236 e. The van der Waals surface area contributed by atoms with Crippen molar-refractivity contribution in [1.29, 1.82) is 0 Å². The zero-order chi connectivity index (χ0) is 15.3.